The molecule has 1 N–H and O–H groups in total. The molecule has 1 aromatic rings. The van der Waals surface area contributed by atoms with E-state index < -0.39 is 9.05 Å². The lowest BCUT2D eigenvalue weighted by atomic mass is 10.1. The summed E-state index contributed by atoms with van der Waals surface area (Å²) >= 11 is 0. The summed E-state index contributed by atoms with van der Waals surface area (Å²) in [6.45, 7) is 3.90. The van der Waals surface area contributed by atoms with Crippen LogP contribution in [0.25, 0.3) is 0 Å². The topological polar surface area (TPSA) is 63.2 Å². The van der Waals surface area contributed by atoms with Crippen molar-refractivity contribution < 1.29 is 13.2 Å². The van der Waals surface area contributed by atoms with Crippen molar-refractivity contribution in [1.29, 1.82) is 0 Å². The van der Waals surface area contributed by atoms with Gasteiger partial charge in [-0.15, -0.1) is 0 Å². The van der Waals surface area contributed by atoms with Gasteiger partial charge in [-0.1, -0.05) is 6.92 Å². The van der Waals surface area contributed by atoms with Crippen LogP contribution in [0.5, 0.6) is 0 Å². The summed E-state index contributed by atoms with van der Waals surface area (Å²) in [5.74, 6) is 0.381. The Hall–Kier alpha value is -1.07. The van der Waals surface area contributed by atoms with E-state index in [0.29, 0.717) is 17.0 Å². The number of hydrogen-bond donors (Lipinski definition) is 1. The summed E-state index contributed by atoms with van der Waals surface area (Å²) < 4.78 is 22.8. The number of nitrogens with one attached hydrogen (secondary N) is 1. The van der Waals surface area contributed by atoms with E-state index in [1.165, 1.54) is 12.1 Å². The third kappa shape index (κ3) is 3.73. The molecular weight excluding hydrogens is 298 g/mol. The van der Waals surface area contributed by atoms with E-state index in [9.17, 15) is 13.2 Å². The largest absolute Gasteiger partial charge is 0.349 e. The summed E-state index contributed by atoms with van der Waals surface area (Å²) in [5, 5.41) is 2.95. The summed E-state index contributed by atoms with van der Waals surface area (Å²) in [5.41, 5.74) is 1.03. The minimum Gasteiger partial charge on any atom is -0.349 e. The Morgan fingerprint density at radius 2 is 2.00 bits per heavy atom. The van der Waals surface area contributed by atoms with Gasteiger partial charge in [-0.2, -0.15) is 0 Å². The van der Waals surface area contributed by atoms with Crippen molar-refractivity contribution in [2.45, 2.75) is 44.0 Å². The molecule has 1 saturated carbocycles. The first kappa shape index (κ1) is 15.3. The molecule has 4 nitrogen and oxygen atoms in total. The Morgan fingerprint density at radius 1 is 1.30 bits per heavy atom. The van der Waals surface area contributed by atoms with Gasteiger partial charge in [0.15, 0.2) is 0 Å². The van der Waals surface area contributed by atoms with Crippen LogP contribution in [0, 0.1) is 12.8 Å². The smallest absolute Gasteiger partial charge is 0.261 e. The molecule has 0 radical (unpaired) electrons. The van der Waals surface area contributed by atoms with Gasteiger partial charge < -0.3 is 5.32 Å². The van der Waals surface area contributed by atoms with Crippen LogP contribution in [0.3, 0.4) is 0 Å². The number of aryl methyl sites for hydroxylation is 1. The van der Waals surface area contributed by atoms with Gasteiger partial charge in [0.05, 0.1) is 4.90 Å². The minimum absolute atomic E-state index is 0.0379. The first-order valence-corrected chi connectivity index (χ1v) is 8.94. The van der Waals surface area contributed by atoms with E-state index in [1.807, 2.05) is 0 Å². The normalized spacial score (nSPS) is 22.8. The van der Waals surface area contributed by atoms with Gasteiger partial charge in [0.1, 0.15) is 0 Å². The van der Waals surface area contributed by atoms with Gasteiger partial charge in [-0.05, 0) is 55.9 Å². The third-order valence-corrected chi connectivity index (χ3v) is 4.96. The lowest BCUT2D eigenvalue weighted by molar-refractivity contribution is 0.0937. The Balaban J connectivity index is 2.20. The summed E-state index contributed by atoms with van der Waals surface area (Å²) in [4.78, 5) is 12.2. The molecule has 2 unspecified atom stereocenters. The molecule has 0 aliphatic heterocycles. The summed E-state index contributed by atoms with van der Waals surface area (Å²) in [7, 11) is 1.51. The maximum atomic E-state index is 12.2. The third-order valence-electron chi connectivity index (χ3n) is 3.62. The monoisotopic (exact) mass is 315 g/mol. The molecule has 1 aromatic carbocycles. The van der Waals surface area contributed by atoms with E-state index >= 15 is 0 Å². The SMILES string of the molecule is Cc1cc(C(=O)NC2CCC(C)C2)cc(S(=O)(=O)Cl)c1. The zero-order valence-corrected chi connectivity index (χ0v) is 13.1. The van der Waals surface area contributed by atoms with Gasteiger partial charge in [0.2, 0.25) is 0 Å². The van der Waals surface area contributed by atoms with Crippen LogP contribution in [0.1, 0.15) is 42.1 Å². The molecule has 110 valence electrons. The van der Waals surface area contributed by atoms with E-state index in [-0.39, 0.29) is 16.8 Å². The summed E-state index contributed by atoms with van der Waals surface area (Å²) in [6.07, 6.45) is 3.05. The molecule has 1 aliphatic carbocycles. The second-order valence-corrected chi connectivity index (χ2v) is 8.13. The van der Waals surface area contributed by atoms with Crippen LogP contribution >= 0.6 is 10.7 Å². The molecule has 2 atom stereocenters. The average Bonchev–Trinajstić information content (AvgIpc) is 2.72. The molecule has 2 rings (SSSR count). The lowest BCUT2D eigenvalue weighted by Gasteiger charge is -2.13. The standard InChI is InChI=1S/C14H18ClNO3S/c1-9-3-4-12(6-9)16-14(17)11-5-10(2)7-13(8-11)20(15,18)19/h5,7-9,12H,3-4,6H2,1-2H3,(H,16,17). The van der Waals surface area contributed by atoms with Gasteiger partial charge in [0.25, 0.3) is 15.0 Å². The first-order chi connectivity index (χ1) is 9.25. The van der Waals surface area contributed by atoms with Crippen molar-refractivity contribution >= 4 is 25.6 Å². The number of amides is 1. The quantitative estimate of drug-likeness (QED) is 0.872. The Bertz CT molecular complexity index is 627. The molecule has 1 amide bonds. The maximum absolute atomic E-state index is 12.2. The zero-order valence-electron chi connectivity index (χ0n) is 11.5. The number of benzene rings is 1. The molecular formula is C14H18ClNO3S. The number of carbonyl (C=O) groups excluding carboxylic acids is 1. The fraction of sp³-hybridized carbons (Fsp3) is 0.500. The molecule has 0 spiro atoms. The predicted molar refractivity (Wildman–Crippen MR) is 78.5 cm³/mol. The van der Waals surface area contributed by atoms with Crippen molar-refractivity contribution in [1.82, 2.24) is 5.32 Å². The maximum Gasteiger partial charge on any atom is 0.261 e. The van der Waals surface area contributed by atoms with Gasteiger partial charge in [-0.3, -0.25) is 4.79 Å². The molecule has 1 aliphatic rings. The molecule has 0 aromatic heterocycles. The van der Waals surface area contributed by atoms with Crippen LogP contribution in [0.2, 0.25) is 0 Å². The number of rotatable bonds is 3. The van der Waals surface area contributed by atoms with Crippen molar-refractivity contribution in [3.8, 4) is 0 Å². The van der Waals surface area contributed by atoms with Gasteiger partial charge in [0, 0.05) is 22.3 Å². The minimum atomic E-state index is -3.83. The van der Waals surface area contributed by atoms with Crippen molar-refractivity contribution in [3.05, 3.63) is 29.3 Å². The van der Waals surface area contributed by atoms with Crippen molar-refractivity contribution in [2.75, 3.05) is 0 Å². The van der Waals surface area contributed by atoms with E-state index in [1.54, 1.807) is 13.0 Å². The van der Waals surface area contributed by atoms with Crippen LogP contribution in [-0.2, 0) is 9.05 Å². The Kier molecular flexibility index (Phi) is 4.39. The van der Waals surface area contributed by atoms with E-state index in [4.69, 9.17) is 10.7 Å². The fourth-order valence-corrected chi connectivity index (χ4v) is 3.49. The zero-order chi connectivity index (χ0) is 14.9. The molecule has 6 heteroatoms. The molecule has 0 saturated heterocycles. The van der Waals surface area contributed by atoms with Crippen LogP contribution in [0.4, 0.5) is 0 Å². The first-order valence-electron chi connectivity index (χ1n) is 6.63. The van der Waals surface area contributed by atoms with Crippen LogP contribution in [0.15, 0.2) is 23.1 Å². The highest BCUT2D eigenvalue weighted by molar-refractivity contribution is 8.13. The predicted octanol–water partition coefficient (Wildman–Crippen LogP) is 2.84. The van der Waals surface area contributed by atoms with E-state index in [2.05, 4.69) is 12.2 Å². The highest BCUT2D eigenvalue weighted by atomic mass is 35.7. The average molecular weight is 316 g/mol. The lowest BCUT2D eigenvalue weighted by Crippen LogP contribution is -2.33. The Labute approximate surface area is 123 Å². The van der Waals surface area contributed by atoms with Gasteiger partial charge in [-0.25, -0.2) is 8.42 Å². The van der Waals surface area contributed by atoms with Crippen LogP contribution in [-0.4, -0.2) is 20.4 Å². The Morgan fingerprint density at radius 3 is 2.55 bits per heavy atom. The molecule has 0 bridgehead atoms. The second-order valence-electron chi connectivity index (χ2n) is 5.56. The number of hydrogen-bond acceptors (Lipinski definition) is 3. The fourth-order valence-electron chi connectivity index (χ4n) is 2.63. The number of carbonyl (C=O) groups is 1. The highest BCUT2D eigenvalue weighted by Gasteiger charge is 2.23. The van der Waals surface area contributed by atoms with E-state index in [0.717, 1.165) is 19.3 Å². The summed E-state index contributed by atoms with van der Waals surface area (Å²) in [6, 6.07) is 4.62. The molecule has 20 heavy (non-hydrogen) atoms. The van der Waals surface area contributed by atoms with Gasteiger partial charge >= 0.3 is 0 Å². The van der Waals surface area contributed by atoms with Crippen LogP contribution < -0.4 is 5.32 Å². The second kappa shape index (κ2) is 5.74. The number of halogens is 1. The molecule has 0 heterocycles. The molecule has 1 fully saturated rings. The van der Waals surface area contributed by atoms with Crippen molar-refractivity contribution in [3.63, 3.8) is 0 Å². The highest BCUT2D eigenvalue weighted by Crippen LogP contribution is 2.25. The van der Waals surface area contributed by atoms with Crippen molar-refractivity contribution in [2.24, 2.45) is 5.92 Å².